The zero-order valence-corrected chi connectivity index (χ0v) is 17.0. The highest BCUT2D eigenvalue weighted by Gasteiger charge is 2.12. The van der Waals surface area contributed by atoms with Gasteiger partial charge in [0.2, 0.25) is 0 Å². The standard InChI is InChI=1S/C24H22N2OS/c1-16-13-17(2)24(18(3)14-16)28(27)26-23-12-10-21-15-20(9-11-22(21)25-23)19-7-5-4-6-8-19/h4-15H,1-3H3,(H,25,26). The molecule has 3 aromatic carbocycles. The molecule has 1 unspecified atom stereocenters. The molecule has 4 rings (SSSR count). The van der Waals surface area contributed by atoms with Crippen LogP contribution in [-0.2, 0) is 11.0 Å². The van der Waals surface area contributed by atoms with Gasteiger partial charge in [-0.1, -0.05) is 54.1 Å². The van der Waals surface area contributed by atoms with E-state index in [1.807, 2.05) is 50.2 Å². The lowest BCUT2D eigenvalue weighted by Crippen LogP contribution is -2.09. The zero-order chi connectivity index (χ0) is 19.7. The van der Waals surface area contributed by atoms with E-state index < -0.39 is 11.0 Å². The van der Waals surface area contributed by atoms with Gasteiger partial charge in [0.1, 0.15) is 5.82 Å². The van der Waals surface area contributed by atoms with E-state index in [1.54, 1.807) is 0 Å². The Kier molecular flexibility index (Phi) is 4.97. The maximum Gasteiger partial charge on any atom is 0.152 e. The molecule has 0 aliphatic carbocycles. The molecule has 0 saturated heterocycles. The van der Waals surface area contributed by atoms with Crippen LogP contribution in [0.4, 0.5) is 5.82 Å². The van der Waals surface area contributed by atoms with Gasteiger partial charge in [-0.2, -0.15) is 0 Å². The summed E-state index contributed by atoms with van der Waals surface area (Å²) in [7, 11) is -1.36. The van der Waals surface area contributed by atoms with E-state index >= 15 is 0 Å². The topological polar surface area (TPSA) is 42.0 Å². The summed E-state index contributed by atoms with van der Waals surface area (Å²) in [5.74, 6) is 0.609. The Labute approximate surface area is 168 Å². The maximum atomic E-state index is 12.9. The molecule has 28 heavy (non-hydrogen) atoms. The molecular weight excluding hydrogens is 364 g/mol. The molecule has 0 amide bonds. The molecule has 0 bridgehead atoms. The molecule has 3 nitrogen and oxygen atoms in total. The zero-order valence-electron chi connectivity index (χ0n) is 16.2. The van der Waals surface area contributed by atoms with E-state index in [9.17, 15) is 4.21 Å². The van der Waals surface area contributed by atoms with Crippen LogP contribution in [0, 0.1) is 20.8 Å². The molecule has 0 spiro atoms. The number of hydrogen-bond acceptors (Lipinski definition) is 2. The second-order valence-electron chi connectivity index (χ2n) is 7.07. The monoisotopic (exact) mass is 386 g/mol. The number of pyridine rings is 1. The van der Waals surface area contributed by atoms with Gasteiger partial charge >= 0.3 is 0 Å². The highest BCUT2D eigenvalue weighted by Crippen LogP contribution is 2.26. The number of aryl methyl sites for hydroxylation is 3. The fourth-order valence-electron chi connectivity index (χ4n) is 3.60. The van der Waals surface area contributed by atoms with Gasteiger partial charge in [-0.05, 0) is 67.3 Å². The Morgan fingerprint density at radius 1 is 0.786 bits per heavy atom. The molecule has 1 N–H and O–H groups in total. The van der Waals surface area contributed by atoms with Crippen molar-refractivity contribution in [2.45, 2.75) is 25.7 Å². The summed E-state index contributed by atoms with van der Waals surface area (Å²) in [5, 5.41) is 1.06. The first-order chi connectivity index (χ1) is 13.5. The van der Waals surface area contributed by atoms with Crippen molar-refractivity contribution in [1.82, 2.24) is 4.98 Å². The van der Waals surface area contributed by atoms with Crippen molar-refractivity contribution in [1.29, 1.82) is 0 Å². The minimum atomic E-state index is -1.36. The van der Waals surface area contributed by atoms with E-state index in [0.717, 1.165) is 32.5 Å². The van der Waals surface area contributed by atoms with Crippen molar-refractivity contribution < 1.29 is 4.21 Å². The first-order valence-electron chi connectivity index (χ1n) is 9.24. The van der Waals surface area contributed by atoms with Crippen LogP contribution in [-0.4, -0.2) is 9.19 Å². The molecule has 0 saturated carbocycles. The summed E-state index contributed by atoms with van der Waals surface area (Å²) in [4.78, 5) is 5.47. The maximum absolute atomic E-state index is 12.9. The molecular formula is C24H22N2OS. The van der Waals surface area contributed by atoms with E-state index in [0.29, 0.717) is 5.82 Å². The molecule has 4 aromatic rings. The van der Waals surface area contributed by atoms with Crippen LogP contribution in [0.15, 0.2) is 77.7 Å². The SMILES string of the molecule is Cc1cc(C)c(S(=O)Nc2ccc3cc(-c4ccccc4)ccc3n2)c(C)c1. The van der Waals surface area contributed by atoms with Gasteiger partial charge in [0.15, 0.2) is 11.0 Å². The lowest BCUT2D eigenvalue weighted by Gasteiger charge is -2.12. The van der Waals surface area contributed by atoms with Gasteiger partial charge in [0.25, 0.3) is 0 Å². The molecule has 4 heteroatoms. The van der Waals surface area contributed by atoms with E-state index in [-0.39, 0.29) is 0 Å². The predicted molar refractivity (Wildman–Crippen MR) is 118 cm³/mol. The number of nitrogens with one attached hydrogen (secondary N) is 1. The summed E-state index contributed by atoms with van der Waals surface area (Å²) in [6.07, 6.45) is 0. The largest absolute Gasteiger partial charge is 0.285 e. The van der Waals surface area contributed by atoms with Crippen molar-refractivity contribution >= 4 is 27.7 Å². The minimum Gasteiger partial charge on any atom is -0.285 e. The summed E-state index contributed by atoms with van der Waals surface area (Å²) in [6.45, 7) is 6.04. The van der Waals surface area contributed by atoms with Gasteiger partial charge in [-0.3, -0.25) is 4.72 Å². The lowest BCUT2D eigenvalue weighted by atomic mass is 10.0. The normalized spacial score (nSPS) is 12.1. The van der Waals surface area contributed by atoms with Gasteiger partial charge in [-0.15, -0.1) is 0 Å². The van der Waals surface area contributed by atoms with Crippen LogP contribution in [0.25, 0.3) is 22.0 Å². The molecule has 0 fully saturated rings. The van der Waals surface area contributed by atoms with Crippen LogP contribution in [0.1, 0.15) is 16.7 Å². The number of hydrogen-bond donors (Lipinski definition) is 1. The van der Waals surface area contributed by atoms with Crippen molar-refractivity contribution in [2.75, 3.05) is 4.72 Å². The van der Waals surface area contributed by atoms with E-state index in [4.69, 9.17) is 0 Å². The van der Waals surface area contributed by atoms with E-state index in [2.05, 4.69) is 53.0 Å². The molecule has 0 aliphatic rings. The number of rotatable bonds is 4. The summed E-state index contributed by atoms with van der Waals surface area (Å²) >= 11 is 0. The molecule has 140 valence electrons. The Morgan fingerprint density at radius 3 is 2.21 bits per heavy atom. The highest BCUT2D eigenvalue weighted by molar-refractivity contribution is 7.86. The first kappa shape index (κ1) is 18.4. The fraction of sp³-hybridized carbons (Fsp3) is 0.125. The minimum absolute atomic E-state index is 0.609. The first-order valence-corrected chi connectivity index (χ1v) is 10.4. The number of benzene rings is 3. The number of nitrogens with zero attached hydrogens (tertiary/aromatic N) is 1. The van der Waals surface area contributed by atoms with Crippen molar-refractivity contribution in [3.05, 3.63) is 89.5 Å². The van der Waals surface area contributed by atoms with Gasteiger partial charge in [0.05, 0.1) is 10.4 Å². The van der Waals surface area contributed by atoms with Gasteiger partial charge in [0, 0.05) is 5.39 Å². The van der Waals surface area contributed by atoms with Gasteiger partial charge < -0.3 is 0 Å². The molecule has 0 aliphatic heterocycles. The van der Waals surface area contributed by atoms with Gasteiger partial charge in [-0.25, -0.2) is 9.19 Å². The second kappa shape index (κ2) is 7.56. The predicted octanol–water partition coefficient (Wildman–Crippen LogP) is 5.96. The Bertz CT molecular complexity index is 1160. The summed E-state index contributed by atoms with van der Waals surface area (Å²) in [5.41, 5.74) is 6.43. The summed E-state index contributed by atoms with van der Waals surface area (Å²) in [6, 6.07) is 24.5. The Hall–Kier alpha value is -2.98. The third-order valence-electron chi connectivity index (χ3n) is 4.78. The van der Waals surface area contributed by atoms with Crippen molar-refractivity contribution in [2.24, 2.45) is 0 Å². The van der Waals surface area contributed by atoms with Crippen LogP contribution in [0.2, 0.25) is 0 Å². The average Bonchev–Trinajstić information content (AvgIpc) is 2.67. The third kappa shape index (κ3) is 3.69. The van der Waals surface area contributed by atoms with Crippen LogP contribution in [0.5, 0.6) is 0 Å². The third-order valence-corrected chi connectivity index (χ3v) is 6.19. The molecule has 1 atom stereocenters. The van der Waals surface area contributed by atoms with Crippen LogP contribution in [0.3, 0.4) is 0 Å². The molecule has 1 heterocycles. The number of fused-ring (bicyclic) bond motifs is 1. The highest BCUT2D eigenvalue weighted by atomic mass is 32.2. The average molecular weight is 387 g/mol. The molecule has 1 aromatic heterocycles. The van der Waals surface area contributed by atoms with Crippen molar-refractivity contribution in [3.63, 3.8) is 0 Å². The van der Waals surface area contributed by atoms with E-state index in [1.165, 1.54) is 11.1 Å². The van der Waals surface area contributed by atoms with Crippen molar-refractivity contribution in [3.8, 4) is 11.1 Å². The quantitative estimate of drug-likeness (QED) is 0.470. The fourth-order valence-corrected chi connectivity index (χ4v) is 4.71. The Morgan fingerprint density at radius 2 is 1.50 bits per heavy atom. The second-order valence-corrected chi connectivity index (χ2v) is 8.22. The number of anilines is 1. The Balaban J connectivity index is 1.63. The summed E-state index contributed by atoms with van der Waals surface area (Å²) < 4.78 is 16.0. The lowest BCUT2D eigenvalue weighted by molar-refractivity contribution is 0.685. The molecule has 0 radical (unpaired) electrons. The smallest absolute Gasteiger partial charge is 0.152 e. The number of aromatic nitrogens is 1. The van der Waals surface area contributed by atoms with Crippen LogP contribution < -0.4 is 4.72 Å². The van der Waals surface area contributed by atoms with Crippen LogP contribution >= 0.6 is 0 Å².